The third kappa shape index (κ3) is 5.07. The molecule has 0 aliphatic rings. The fourth-order valence-corrected chi connectivity index (χ4v) is 4.35. The first-order valence-corrected chi connectivity index (χ1v) is 11.7. The van der Waals surface area contributed by atoms with E-state index in [9.17, 15) is 4.79 Å². The van der Waals surface area contributed by atoms with Gasteiger partial charge in [-0.1, -0.05) is 30.0 Å². The molecule has 0 bridgehead atoms. The lowest BCUT2D eigenvalue weighted by molar-refractivity contribution is -0.113. The molecule has 0 fully saturated rings. The van der Waals surface area contributed by atoms with Gasteiger partial charge in [-0.3, -0.25) is 9.48 Å². The Bertz CT molecular complexity index is 1300. The first kappa shape index (κ1) is 23.4. The fraction of sp³-hybridized carbons (Fsp3) is 0.250. The summed E-state index contributed by atoms with van der Waals surface area (Å²) in [6.07, 6.45) is 1.93. The molecule has 10 heteroatoms. The van der Waals surface area contributed by atoms with Crippen molar-refractivity contribution in [3.63, 3.8) is 0 Å². The second kappa shape index (κ2) is 10.4. The molecule has 176 valence electrons. The largest absolute Gasteiger partial charge is 0.497 e. The molecule has 0 saturated heterocycles. The summed E-state index contributed by atoms with van der Waals surface area (Å²) in [6, 6.07) is 15.0. The lowest BCUT2D eigenvalue weighted by Crippen LogP contribution is -2.14. The molecular formula is C24H26N6O3S. The van der Waals surface area contributed by atoms with Crippen molar-refractivity contribution in [3.8, 4) is 34.1 Å². The van der Waals surface area contributed by atoms with Crippen molar-refractivity contribution < 1.29 is 14.3 Å². The highest BCUT2D eigenvalue weighted by Crippen LogP contribution is 2.33. The number of rotatable bonds is 9. The summed E-state index contributed by atoms with van der Waals surface area (Å²) in [5.74, 6) is 2.20. The Morgan fingerprint density at radius 2 is 1.79 bits per heavy atom. The number of anilines is 1. The number of aromatic nitrogens is 5. The zero-order valence-electron chi connectivity index (χ0n) is 19.5. The number of benzene rings is 2. The highest BCUT2D eigenvalue weighted by Gasteiger charge is 2.21. The van der Waals surface area contributed by atoms with Gasteiger partial charge in [0, 0.05) is 37.1 Å². The zero-order valence-corrected chi connectivity index (χ0v) is 20.3. The van der Waals surface area contributed by atoms with E-state index < -0.39 is 0 Å². The van der Waals surface area contributed by atoms with Crippen molar-refractivity contribution in [3.05, 3.63) is 54.7 Å². The van der Waals surface area contributed by atoms with Gasteiger partial charge in [0.1, 0.15) is 17.2 Å². The van der Waals surface area contributed by atoms with Crippen LogP contribution in [0.25, 0.3) is 22.6 Å². The first-order chi connectivity index (χ1) is 16.5. The van der Waals surface area contributed by atoms with Gasteiger partial charge in [0.2, 0.25) is 5.91 Å². The number of hydrogen-bond donors (Lipinski definition) is 1. The standard InChI is InChI=1S/C24H26N6O3S/c1-5-30-23(20-14-29(2)28-22(20)16-8-6-10-18(12-16)32-3)26-27-24(30)34-15-21(31)25-17-9-7-11-19(13-17)33-4/h6-14H,5,15H2,1-4H3,(H,25,31). The van der Waals surface area contributed by atoms with Crippen LogP contribution in [0.4, 0.5) is 5.69 Å². The van der Waals surface area contributed by atoms with Gasteiger partial charge in [-0.25, -0.2) is 0 Å². The minimum atomic E-state index is -0.135. The molecule has 1 N–H and O–H groups in total. The molecule has 2 aromatic carbocycles. The van der Waals surface area contributed by atoms with Crippen LogP contribution in [-0.4, -0.2) is 50.4 Å². The molecule has 0 aliphatic heterocycles. The summed E-state index contributed by atoms with van der Waals surface area (Å²) in [5.41, 5.74) is 3.25. The molecule has 1 amide bonds. The van der Waals surface area contributed by atoms with E-state index in [0.717, 1.165) is 22.6 Å². The minimum Gasteiger partial charge on any atom is -0.497 e. The Balaban J connectivity index is 1.55. The lowest BCUT2D eigenvalue weighted by atomic mass is 10.1. The number of carbonyl (C=O) groups excluding carboxylic acids is 1. The molecule has 2 aromatic heterocycles. The maximum absolute atomic E-state index is 12.5. The van der Waals surface area contributed by atoms with E-state index in [-0.39, 0.29) is 11.7 Å². The Labute approximate surface area is 202 Å². The van der Waals surface area contributed by atoms with Crippen LogP contribution < -0.4 is 14.8 Å². The molecule has 34 heavy (non-hydrogen) atoms. The van der Waals surface area contributed by atoms with E-state index in [1.165, 1.54) is 11.8 Å². The number of hydrogen-bond acceptors (Lipinski definition) is 7. The predicted octanol–water partition coefficient (Wildman–Crippen LogP) is 4.11. The summed E-state index contributed by atoms with van der Waals surface area (Å²) in [7, 11) is 5.10. The van der Waals surface area contributed by atoms with Crippen molar-refractivity contribution in [2.45, 2.75) is 18.6 Å². The second-order valence-corrected chi connectivity index (χ2v) is 8.36. The smallest absolute Gasteiger partial charge is 0.234 e. The quantitative estimate of drug-likeness (QED) is 0.362. The van der Waals surface area contributed by atoms with Crippen LogP contribution in [-0.2, 0) is 18.4 Å². The van der Waals surface area contributed by atoms with Crippen molar-refractivity contribution >= 4 is 23.4 Å². The van der Waals surface area contributed by atoms with E-state index in [2.05, 4.69) is 20.6 Å². The van der Waals surface area contributed by atoms with Gasteiger partial charge >= 0.3 is 0 Å². The maximum atomic E-state index is 12.5. The van der Waals surface area contributed by atoms with Crippen molar-refractivity contribution in [1.29, 1.82) is 0 Å². The van der Waals surface area contributed by atoms with Crippen molar-refractivity contribution in [2.75, 3.05) is 25.3 Å². The van der Waals surface area contributed by atoms with Gasteiger partial charge in [-0.05, 0) is 31.2 Å². The van der Waals surface area contributed by atoms with Crippen molar-refractivity contribution in [1.82, 2.24) is 24.5 Å². The van der Waals surface area contributed by atoms with E-state index in [0.29, 0.717) is 29.0 Å². The van der Waals surface area contributed by atoms with Crippen LogP contribution >= 0.6 is 11.8 Å². The number of aryl methyl sites for hydroxylation is 1. The van der Waals surface area contributed by atoms with Gasteiger partial charge in [0.15, 0.2) is 11.0 Å². The van der Waals surface area contributed by atoms with Crippen LogP contribution in [0.2, 0.25) is 0 Å². The fourth-order valence-electron chi connectivity index (χ4n) is 3.54. The summed E-state index contributed by atoms with van der Waals surface area (Å²) >= 11 is 1.34. The molecule has 2 heterocycles. The topological polar surface area (TPSA) is 96.1 Å². The third-order valence-corrected chi connectivity index (χ3v) is 6.10. The van der Waals surface area contributed by atoms with Gasteiger partial charge in [-0.2, -0.15) is 5.10 Å². The van der Waals surface area contributed by atoms with E-state index >= 15 is 0 Å². The molecule has 0 spiro atoms. The monoisotopic (exact) mass is 478 g/mol. The number of carbonyl (C=O) groups is 1. The van der Waals surface area contributed by atoms with Crippen LogP contribution in [0.3, 0.4) is 0 Å². The van der Waals surface area contributed by atoms with E-state index in [1.807, 2.05) is 67.2 Å². The highest BCUT2D eigenvalue weighted by molar-refractivity contribution is 7.99. The van der Waals surface area contributed by atoms with E-state index in [1.54, 1.807) is 25.0 Å². The second-order valence-electron chi connectivity index (χ2n) is 7.42. The number of nitrogens with one attached hydrogen (secondary N) is 1. The molecule has 4 aromatic rings. The molecule has 0 saturated carbocycles. The Kier molecular flexibility index (Phi) is 7.17. The molecule has 9 nitrogen and oxygen atoms in total. The van der Waals surface area contributed by atoms with Gasteiger partial charge in [-0.15, -0.1) is 10.2 Å². The summed E-state index contributed by atoms with van der Waals surface area (Å²) in [5, 5.41) is 17.0. The molecule has 0 atom stereocenters. The van der Waals surface area contributed by atoms with Crippen LogP contribution in [0.1, 0.15) is 6.92 Å². The lowest BCUT2D eigenvalue weighted by Gasteiger charge is -2.09. The molecule has 4 rings (SSSR count). The van der Waals surface area contributed by atoms with Gasteiger partial charge < -0.3 is 19.4 Å². The average molecular weight is 479 g/mol. The summed E-state index contributed by atoms with van der Waals surface area (Å²) < 4.78 is 14.3. The third-order valence-electron chi connectivity index (χ3n) is 5.13. The van der Waals surface area contributed by atoms with Crippen LogP contribution in [0, 0.1) is 0 Å². The molecule has 0 unspecified atom stereocenters. The van der Waals surface area contributed by atoms with Gasteiger partial charge in [0.25, 0.3) is 0 Å². The Morgan fingerprint density at radius 3 is 2.53 bits per heavy atom. The molecular weight excluding hydrogens is 452 g/mol. The number of amides is 1. The SMILES string of the molecule is CCn1c(SCC(=O)Nc2cccc(OC)c2)nnc1-c1cn(C)nc1-c1cccc(OC)c1. The van der Waals surface area contributed by atoms with Crippen LogP contribution in [0.15, 0.2) is 59.9 Å². The minimum absolute atomic E-state index is 0.135. The number of nitrogens with zero attached hydrogens (tertiary/aromatic N) is 5. The number of methoxy groups -OCH3 is 2. The van der Waals surface area contributed by atoms with Gasteiger partial charge in [0.05, 0.1) is 25.5 Å². The predicted molar refractivity (Wildman–Crippen MR) is 132 cm³/mol. The van der Waals surface area contributed by atoms with E-state index in [4.69, 9.17) is 9.47 Å². The summed E-state index contributed by atoms with van der Waals surface area (Å²) in [6.45, 7) is 2.67. The molecule has 0 radical (unpaired) electrons. The Hall–Kier alpha value is -3.79. The Morgan fingerprint density at radius 1 is 1.06 bits per heavy atom. The maximum Gasteiger partial charge on any atom is 0.234 e. The normalized spacial score (nSPS) is 10.8. The number of thioether (sulfide) groups is 1. The highest BCUT2D eigenvalue weighted by atomic mass is 32.2. The first-order valence-electron chi connectivity index (χ1n) is 10.7. The molecule has 0 aliphatic carbocycles. The number of ether oxygens (including phenoxy) is 2. The van der Waals surface area contributed by atoms with Crippen LogP contribution in [0.5, 0.6) is 11.5 Å². The zero-order chi connectivity index (χ0) is 24.1. The average Bonchev–Trinajstić information content (AvgIpc) is 3.45. The summed E-state index contributed by atoms with van der Waals surface area (Å²) in [4.78, 5) is 12.5. The van der Waals surface area contributed by atoms with Crippen molar-refractivity contribution in [2.24, 2.45) is 7.05 Å².